The Morgan fingerprint density at radius 2 is 2.06 bits per heavy atom. The first-order chi connectivity index (χ1) is 15.7. The second kappa shape index (κ2) is 9.92. The van der Waals surface area contributed by atoms with Gasteiger partial charge in [-0.05, 0) is 25.0 Å². The van der Waals surface area contributed by atoms with Gasteiger partial charge in [-0.3, -0.25) is 9.53 Å². The van der Waals surface area contributed by atoms with Crippen molar-refractivity contribution in [2.45, 2.75) is 56.4 Å². The molecule has 2 heterocycles. The molecule has 180 valence electrons. The van der Waals surface area contributed by atoms with Gasteiger partial charge in [0.2, 0.25) is 5.91 Å². The zero-order chi connectivity index (χ0) is 23.6. The summed E-state index contributed by atoms with van der Waals surface area (Å²) in [5.74, 6) is -0.924. The van der Waals surface area contributed by atoms with Crippen molar-refractivity contribution in [3.63, 3.8) is 0 Å². The highest BCUT2D eigenvalue weighted by atomic mass is 35.5. The van der Waals surface area contributed by atoms with Crippen molar-refractivity contribution in [2.75, 3.05) is 13.2 Å². The van der Waals surface area contributed by atoms with Gasteiger partial charge in [-0.1, -0.05) is 16.8 Å². The predicted molar refractivity (Wildman–Crippen MR) is 106 cm³/mol. The van der Waals surface area contributed by atoms with Crippen LogP contribution in [0.2, 0.25) is 5.02 Å². The van der Waals surface area contributed by atoms with Crippen LogP contribution in [0.25, 0.3) is 5.69 Å². The lowest BCUT2D eigenvalue weighted by Gasteiger charge is -2.35. The first-order valence-corrected chi connectivity index (χ1v) is 10.7. The van der Waals surface area contributed by atoms with Crippen LogP contribution in [-0.4, -0.2) is 58.7 Å². The van der Waals surface area contributed by atoms with Crippen molar-refractivity contribution in [3.05, 3.63) is 40.9 Å². The maximum absolute atomic E-state index is 13.7. The number of benzene rings is 1. The molecule has 2 atom stereocenters. The molecule has 33 heavy (non-hydrogen) atoms. The zero-order valence-corrected chi connectivity index (χ0v) is 18.0. The third kappa shape index (κ3) is 6.40. The number of rotatable bonds is 7. The zero-order valence-electron chi connectivity index (χ0n) is 17.2. The van der Waals surface area contributed by atoms with Crippen LogP contribution in [0.3, 0.4) is 0 Å². The number of carbonyl (C=O) groups is 1. The third-order valence-electron chi connectivity index (χ3n) is 5.45. The topological polar surface area (TPSA) is 87.5 Å². The molecular formula is C20H21ClF4N4O4. The highest BCUT2D eigenvalue weighted by Gasteiger charge is 2.40. The van der Waals surface area contributed by atoms with E-state index in [1.165, 1.54) is 16.8 Å². The molecule has 1 amide bonds. The summed E-state index contributed by atoms with van der Waals surface area (Å²) in [7, 11) is 0. The van der Waals surface area contributed by atoms with Gasteiger partial charge in [0, 0.05) is 18.9 Å². The summed E-state index contributed by atoms with van der Waals surface area (Å²) in [5, 5.41) is 10.9. The summed E-state index contributed by atoms with van der Waals surface area (Å²) in [4.78, 5) is 12.1. The normalized spacial score (nSPS) is 25.5. The Balaban J connectivity index is 1.17. The number of nitrogens with zero attached hydrogens (tertiary/aromatic N) is 3. The van der Waals surface area contributed by atoms with Crippen molar-refractivity contribution in [2.24, 2.45) is 0 Å². The third-order valence-corrected chi connectivity index (χ3v) is 5.76. The van der Waals surface area contributed by atoms with Gasteiger partial charge in [-0.2, -0.15) is 0 Å². The van der Waals surface area contributed by atoms with E-state index in [0.717, 1.165) is 0 Å². The molecule has 1 saturated heterocycles. The van der Waals surface area contributed by atoms with E-state index in [0.29, 0.717) is 24.2 Å². The first kappa shape index (κ1) is 23.9. The number of hydrogen-bond donors (Lipinski definition) is 1. The summed E-state index contributed by atoms with van der Waals surface area (Å²) in [6, 6.07) is 4.08. The van der Waals surface area contributed by atoms with Crippen molar-refractivity contribution in [3.8, 4) is 5.69 Å². The molecule has 2 aliphatic rings. The van der Waals surface area contributed by atoms with Gasteiger partial charge in [0.1, 0.15) is 24.2 Å². The quantitative estimate of drug-likeness (QED) is 0.595. The minimum Gasteiger partial charge on any atom is -0.370 e. The largest absolute Gasteiger partial charge is 0.522 e. The van der Waals surface area contributed by atoms with E-state index >= 15 is 0 Å². The monoisotopic (exact) mass is 492 g/mol. The summed E-state index contributed by atoms with van der Waals surface area (Å²) >= 11 is 5.70. The number of amides is 1. The minimum atomic E-state index is -4.66. The number of halogens is 5. The Kier molecular flexibility index (Phi) is 7.17. The summed E-state index contributed by atoms with van der Waals surface area (Å²) in [6.07, 6.45) is -3.26. The Hall–Kier alpha value is -2.28. The molecule has 1 aromatic carbocycles. The molecule has 2 fully saturated rings. The predicted octanol–water partition coefficient (Wildman–Crippen LogP) is 3.48. The van der Waals surface area contributed by atoms with Crippen molar-refractivity contribution < 1.29 is 36.6 Å². The van der Waals surface area contributed by atoms with E-state index in [9.17, 15) is 22.4 Å². The average Bonchev–Trinajstić information content (AvgIpc) is 3.21. The number of carbonyl (C=O) groups excluding carboxylic acids is 1. The van der Waals surface area contributed by atoms with E-state index < -0.39 is 24.4 Å². The first-order valence-electron chi connectivity index (χ1n) is 10.3. The molecule has 0 radical (unpaired) electrons. The number of alkyl halides is 3. The molecule has 8 nitrogen and oxygen atoms in total. The molecule has 2 aromatic rings. The lowest BCUT2D eigenvalue weighted by atomic mass is 9.92. The molecule has 0 bridgehead atoms. The van der Waals surface area contributed by atoms with Crippen LogP contribution in [0.15, 0.2) is 24.4 Å². The van der Waals surface area contributed by atoms with Crippen LogP contribution in [0.5, 0.6) is 0 Å². The van der Waals surface area contributed by atoms with E-state index in [2.05, 4.69) is 20.4 Å². The van der Waals surface area contributed by atoms with E-state index in [1.807, 2.05) is 0 Å². The molecule has 13 heteroatoms. The minimum absolute atomic E-state index is 0.0144. The summed E-state index contributed by atoms with van der Waals surface area (Å²) < 4.78 is 66.4. The average molecular weight is 493 g/mol. The Morgan fingerprint density at radius 3 is 2.73 bits per heavy atom. The molecule has 0 unspecified atom stereocenters. The molecule has 0 spiro atoms. The van der Waals surface area contributed by atoms with Crippen LogP contribution < -0.4 is 5.32 Å². The Labute approximate surface area is 191 Å². The number of aromatic nitrogens is 3. The van der Waals surface area contributed by atoms with Crippen LogP contribution >= 0.6 is 11.6 Å². The molecular weight excluding hydrogens is 472 g/mol. The second-order valence-corrected chi connectivity index (χ2v) is 8.35. The molecule has 4 rings (SSSR count). The Morgan fingerprint density at radius 1 is 1.27 bits per heavy atom. The van der Waals surface area contributed by atoms with Crippen LogP contribution in [0.1, 0.15) is 37.5 Å². The van der Waals surface area contributed by atoms with Crippen molar-refractivity contribution in [1.82, 2.24) is 20.3 Å². The van der Waals surface area contributed by atoms with E-state index in [4.69, 9.17) is 21.1 Å². The van der Waals surface area contributed by atoms with Crippen molar-refractivity contribution >= 4 is 17.5 Å². The van der Waals surface area contributed by atoms with Gasteiger partial charge < -0.3 is 14.8 Å². The summed E-state index contributed by atoms with van der Waals surface area (Å²) in [6.45, 7) is 0.0130. The number of hydrogen-bond acceptors (Lipinski definition) is 6. The fourth-order valence-corrected chi connectivity index (χ4v) is 3.80. The lowest BCUT2D eigenvalue weighted by molar-refractivity contribution is -0.357. The molecule has 1 N–H and O–H groups in total. The molecule has 1 saturated carbocycles. The van der Waals surface area contributed by atoms with E-state index in [1.54, 1.807) is 12.3 Å². The van der Waals surface area contributed by atoms with Gasteiger partial charge in [0.25, 0.3) is 0 Å². The van der Waals surface area contributed by atoms with Gasteiger partial charge in [0.05, 0.1) is 41.8 Å². The second-order valence-electron chi connectivity index (χ2n) is 7.94. The number of ether oxygens (including phenoxy) is 3. The van der Waals surface area contributed by atoms with Gasteiger partial charge in [0.15, 0.2) is 0 Å². The molecule has 1 aliphatic heterocycles. The van der Waals surface area contributed by atoms with Crippen molar-refractivity contribution in [1.29, 1.82) is 0 Å². The van der Waals surface area contributed by atoms with Crippen LogP contribution in [0, 0.1) is 5.82 Å². The van der Waals surface area contributed by atoms with Gasteiger partial charge in [-0.25, -0.2) is 9.07 Å². The smallest absolute Gasteiger partial charge is 0.370 e. The Bertz CT molecular complexity index is 975. The maximum atomic E-state index is 13.7. The van der Waals surface area contributed by atoms with Crippen LogP contribution in [0.4, 0.5) is 17.6 Å². The highest BCUT2D eigenvalue weighted by Crippen LogP contribution is 2.32. The highest BCUT2D eigenvalue weighted by molar-refractivity contribution is 6.30. The lowest BCUT2D eigenvalue weighted by Crippen LogP contribution is -2.45. The standard InChI is InChI=1S/C20H21ClF4N4O4/c21-15-3-2-12(5-16(15)22)29-8-17(27-28-29)18-4-1-11(9-32-18)26-19(30)10-31-13-6-14(7-13)33-20(23,24)25/h2-3,5,8,11,13-14,18H,1,4,6-7,9-10H2,(H,26,30)/t11-,13?,14?,18+/m1/s1. The van der Waals surface area contributed by atoms with Gasteiger partial charge in [-0.15, -0.1) is 18.3 Å². The molecule has 1 aromatic heterocycles. The maximum Gasteiger partial charge on any atom is 0.522 e. The molecule has 1 aliphatic carbocycles. The number of nitrogens with one attached hydrogen (secondary N) is 1. The SMILES string of the molecule is O=C(COC1CC(OC(F)(F)F)C1)N[C@@H]1CC[C@@H](c2cn(-c3ccc(Cl)c(F)c3)nn2)OC1. The fourth-order valence-electron chi connectivity index (χ4n) is 3.68. The van der Waals surface area contributed by atoms with Crippen LogP contribution in [-0.2, 0) is 19.0 Å². The van der Waals surface area contributed by atoms with E-state index in [-0.39, 0.29) is 49.1 Å². The van der Waals surface area contributed by atoms with Gasteiger partial charge >= 0.3 is 6.36 Å². The summed E-state index contributed by atoms with van der Waals surface area (Å²) in [5.41, 5.74) is 1.05. The fraction of sp³-hybridized carbons (Fsp3) is 0.550.